The van der Waals surface area contributed by atoms with Crippen LogP contribution < -0.4 is 5.32 Å². The van der Waals surface area contributed by atoms with Crippen molar-refractivity contribution in [3.63, 3.8) is 0 Å². The summed E-state index contributed by atoms with van der Waals surface area (Å²) in [5.41, 5.74) is 2.24. The van der Waals surface area contributed by atoms with Crippen LogP contribution in [0.25, 0.3) is 0 Å². The summed E-state index contributed by atoms with van der Waals surface area (Å²) in [5, 5.41) is 3.06. The molecule has 0 radical (unpaired) electrons. The van der Waals surface area contributed by atoms with Crippen molar-refractivity contribution in [2.45, 2.75) is 77.6 Å². The van der Waals surface area contributed by atoms with Crippen LogP contribution >= 0.6 is 0 Å². The number of hydrogen-bond donors (Lipinski definition) is 1. The normalized spacial score (nSPS) is 10.7. The van der Waals surface area contributed by atoms with E-state index in [1.807, 2.05) is 35.2 Å². The molecule has 0 aliphatic carbocycles. The van der Waals surface area contributed by atoms with E-state index in [1.165, 1.54) is 50.5 Å². The molecule has 0 aliphatic rings. The minimum Gasteiger partial charge on any atom is -0.325 e. The fraction of sp³-hybridized carbons (Fsp3) is 0.519. The molecular formula is C27H40N2O. The van der Waals surface area contributed by atoms with Gasteiger partial charge >= 0.3 is 6.03 Å². The second kappa shape index (κ2) is 15.5. The second-order valence-corrected chi connectivity index (χ2v) is 8.20. The summed E-state index contributed by atoms with van der Waals surface area (Å²) in [7, 11) is 0. The van der Waals surface area contributed by atoms with Crippen molar-refractivity contribution in [2.24, 2.45) is 0 Å². The molecule has 0 fully saturated rings. The summed E-state index contributed by atoms with van der Waals surface area (Å²) in [6.45, 7) is 3.93. The first-order chi connectivity index (χ1) is 14.8. The maximum atomic E-state index is 12.8. The standard InChI is InChI=1S/C27H40N2O/c1-2-3-4-5-6-7-8-16-23-29(27(30)28-26-21-13-10-14-22-26)24-17-15-20-25-18-11-9-12-19-25/h9-14,18-19,21-22H,2-8,15-17,20,23-24H2,1H3,(H,28,30). The van der Waals surface area contributed by atoms with E-state index in [9.17, 15) is 4.79 Å². The van der Waals surface area contributed by atoms with E-state index in [2.05, 4.69) is 42.6 Å². The Bertz CT molecular complexity index is 672. The molecule has 1 N–H and O–H groups in total. The monoisotopic (exact) mass is 408 g/mol. The number of urea groups is 1. The molecule has 3 nitrogen and oxygen atoms in total. The lowest BCUT2D eigenvalue weighted by atomic mass is 10.1. The lowest BCUT2D eigenvalue weighted by Crippen LogP contribution is -2.36. The van der Waals surface area contributed by atoms with Crippen LogP contribution in [0.2, 0.25) is 0 Å². The van der Waals surface area contributed by atoms with Crippen molar-refractivity contribution in [3.05, 3.63) is 66.2 Å². The first-order valence-electron chi connectivity index (χ1n) is 11.9. The molecule has 0 atom stereocenters. The zero-order valence-electron chi connectivity index (χ0n) is 18.8. The van der Waals surface area contributed by atoms with Crippen molar-refractivity contribution >= 4 is 11.7 Å². The largest absolute Gasteiger partial charge is 0.325 e. The van der Waals surface area contributed by atoms with Gasteiger partial charge in [-0.15, -0.1) is 0 Å². The van der Waals surface area contributed by atoms with Gasteiger partial charge in [0.05, 0.1) is 0 Å². The molecule has 0 aliphatic heterocycles. The number of benzene rings is 2. The minimum atomic E-state index is 0.0313. The van der Waals surface area contributed by atoms with Gasteiger partial charge in [-0.3, -0.25) is 0 Å². The van der Waals surface area contributed by atoms with Gasteiger partial charge in [-0.25, -0.2) is 4.79 Å². The molecule has 0 spiro atoms. The van der Waals surface area contributed by atoms with Crippen molar-refractivity contribution in [2.75, 3.05) is 18.4 Å². The smallest absolute Gasteiger partial charge is 0.321 e. The third-order valence-corrected chi connectivity index (χ3v) is 5.58. The van der Waals surface area contributed by atoms with Gasteiger partial charge in [-0.2, -0.15) is 0 Å². The van der Waals surface area contributed by atoms with E-state index < -0.39 is 0 Å². The zero-order chi connectivity index (χ0) is 21.3. The number of nitrogens with zero attached hydrogens (tertiary/aromatic N) is 1. The first kappa shape index (κ1) is 24.0. The number of rotatable bonds is 15. The molecular weight excluding hydrogens is 368 g/mol. The van der Waals surface area contributed by atoms with Crippen LogP contribution in [0, 0.1) is 0 Å². The quantitative estimate of drug-likeness (QED) is 0.301. The summed E-state index contributed by atoms with van der Waals surface area (Å²) in [6.07, 6.45) is 13.5. The number of carbonyl (C=O) groups excluding carboxylic acids is 1. The Hall–Kier alpha value is -2.29. The van der Waals surface area contributed by atoms with Gasteiger partial charge in [0.15, 0.2) is 0 Å². The molecule has 2 aromatic carbocycles. The summed E-state index contributed by atoms with van der Waals surface area (Å²) in [5.74, 6) is 0. The highest BCUT2D eigenvalue weighted by Gasteiger charge is 2.13. The average Bonchev–Trinajstić information content (AvgIpc) is 2.78. The molecule has 0 saturated carbocycles. The topological polar surface area (TPSA) is 32.3 Å². The van der Waals surface area contributed by atoms with Gasteiger partial charge in [-0.05, 0) is 43.4 Å². The highest BCUT2D eigenvalue weighted by molar-refractivity contribution is 5.89. The van der Waals surface area contributed by atoms with Gasteiger partial charge in [-0.1, -0.05) is 100 Å². The predicted molar refractivity (Wildman–Crippen MR) is 129 cm³/mol. The fourth-order valence-corrected chi connectivity index (χ4v) is 3.75. The molecule has 3 heteroatoms. The molecule has 164 valence electrons. The molecule has 2 rings (SSSR count). The maximum Gasteiger partial charge on any atom is 0.321 e. The van der Waals surface area contributed by atoms with Crippen LogP contribution in [0.4, 0.5) is 10.5 Å². The summed E-state index contributed by atoms with van der Waals surface area (Å²) in [6, 6.07) is 20.4. The Morgan fingerprint density at radius 1 is 0.700 bits per heavy atom. The zero-order valence-corrected chi connectivity index (χ0v) is 18.8. The Kier molecular flexibility index (Phi) is 12.4. The molecule has 0 bridgehead atoms. The molecule has 0 heterocycles. The lowest BCUT2D eigenvalue weighted by molar-refractivity contribution is 0.209. The number of anilines is 1. The van der Waals surface area contributed by atoms with Gasteiger partial charge in [0.2, 0.25) is 0 Å². The highest BCUT2D eigenvalue weighted by Crippen LogP contribution is 2.12. The van der Waals surface area contributed by atoms with E-state index in [4.69, 9.17) is 0 Å². The molecule has 0 aromatic heterocycles. The number of carbonyl (C=O) groups is 1. The number of hydrogen-bond acceptors (Lipinski definition) is 1. The SMILES string of the molecule is CCCCCCCCCCN(CCCCc1ccccc1)C(=O)Nc1ccccc1. The predicted octanol–water partition coefficient (Wildman–Crippen LogP) is 7.68. The Morgan fingerprint density at radius 3 is 1.87 bits per heavy atom. The lowest BCUT2D eigenvalue weighted by Gasteiger charge is -2.23. The molecule has 0 unspecified atom stereocenters. The third-order valence-electron chi connectivity index (χ3n) is 5.58. The number of amides is 2. The summed E-state index contributed by atoms with van der Waals surface area (Å²) < 4.78 is 0. The number of nitrogens with one attached hydrogen (secondary N) is 1. The van der Waals surface area contributed by atoms with Crippen molar-refractivity contribution in [1.82, 2.24) is 4.90 Å². The fourth-order valence-electron chi connectivity index (χ4n) is 3.75. The van der Waals surface area contributed by atoms with E-state index in [0.717, 1.165) is 44.5 Å². The average molecular weight is 409 g/mol. The highest BCUT2D eigenvalue weighted by atomic mass is 16.2. The Balaban J connectivity index is 1.73. The summed E-state index contributed by atoms with van der Waals surface area (Å²) in [4.78, 5) is 14.8. The Morgan fingerprint density at radius 2 is 1.23 bits per heavy atom. The van der Waals surface area contributed by atoms with Crippen molar-refractivity contribution < 1.29 is 4.79 Å². The third kappa shape index (κ3) is 10.5. The number of para-hydroxylation sites is 1. The molecule has 30 heavy (non-hydrogen) atoms. The van der Waals surface area contributed by atoms with E-state index >= 15 is 0 Å². The van der Waals surface area contributed by atoms with E-state index in [0.29, 0.717) is 0 Å². The van der Waals surface area contributed by atoms with Crippen LogP contribution in [0.5, 0.6) is 0 Å². The van der Waals surface area contributed by atoms with E-state index in [1.54, 1.807) is 0 Å². The van der Waals surface area contributed by atoms with Crippen LogP contribution in [0.3, 0.4) is 0 Å². The molecule has 2 aromatic rings. The Labute approximate surface area is 183 Å². The molecule has 0 saturated heterocycles. The van der Waals surface area contributed by atoms with Gasteiger partial charge < -0.3 is 10.2 Å². The molecule has 2 amide bonds. The van der Waals surface area contributed by atoms with Crippen LogP contribution in [-0.2, 0) is 6.42 Å². The van der Waals surface area contributed by atoms with Crippen molar-refractivity contribution in [3.8, 4) is 0 Å². The summed E-state index contributed by atoms with van der Waals surface area (Å²) >= 11 is 0. The van der Waals surface area contributed by atoms with E-state index in [-0.39, 0.29) is 6.03 Å². The van der Waals surface area contributed by atoms with Crippen LogP contribution in [0.1, 0.15) is 76.7 Å². The van der Waals surface area contributed by atoms with Gasteiger partial charge in [0.1, 0.15) is 0 Å². The van der Waals surface area contributed by atoms with Crippen LogP contribution in [0.15, 0.2) is 60.7 Å². The van der Waals surface area contributed by atoms with Gasteiger partial charge in [0.25, 0.3) is 0 Å². The van der Waals surface area contributed by atoms with Crippen molar-refractivity contribution in [1.29, 1.82) is 0 Å². The maximum absolute atomic E-state index is 12.8. The second-order valence-electron chi connectivity index (χ2n) is 8.20. The number of aryl methyl sites for hydroxylation is 1. The van der Waals surface area contributed by atoms with Gasteiger partial charge in [0, 0.05) is 18.8 Å². The first-order valence-corrected chi connectivity index (χ1v) is 11.9. The number of unbranched alkanes of at least 4 members (excludes halogenated alkanes) is 8. The minimum absolute atomic E-state index is 0.0313. The van der Waals surface area contributed by atoms with Crippen LogP contribution in [-0.4, -0.2) is 24.0 Å².